The van der Waals surface area contributed by atoms with E-state index in [1.807, 2.05) is 24.5 Å². The molecule has 3 aromatic rings. The number of hydrogen-bond acceptors (Lipinski definition) is 6. The first-order chi connectivity index (χ1) is 16.7. The van der Waals surface area contributed by atoms with Gasteiger partial charge >= 0.3 is 5.97 Å². The Balaban J connectivity index is 1.41. The SMILES string of the molecule is Cc1cc(/C=C2\SC(=O)N(Cc3cc4c(cc3Cl)OCO4)C2=O)c(C)n1-c1ccc(C(=O)O)cc1. The predicted molar refractivity (Wildman–Crippen MR) is 131 cm³/mol. The topological polar surface area (TPSA) is 98.1 Å². The standard InChI is InChI=1S/C25H19ClN2O6S/c1-13-7-16(14(2)28(13)18-5-3-15(4-6-18)24(30)31)9-22-23(29)27(25(32)35-22)11-17-8-20-21(10-19(17)26)34-12-33-20/h3-10H,11-12H2,1-2H3,(H,30,31)/b22-9-. The Kier molecular flexibility index (Phi) is 5.82. The van der Waals surface area contributed by atoms with E-state index < -0.39 is 11.9 Å². The zero-order chi connectivity index (χ0) is 24.9. The molecule has 1 aromatic heterocycles. The van der Waals surface area contributed by atoms with Crippen molar-refractivity contribution in [2.45, 2.75) is 20.4 Å². The second-order valence-corrected chi connectivity index (χ2v) is 9.48. The van der Waals surface area contributed by atoms with Crippen LogP contribution in [0.15, 0.2) is 47.4 Å². The van der Waals surface area contributed by atoms with Crippen LogP contribution in [0.25, 0.3) is 11.8 Å². The molecule has 10 heteroatoms. The Morgan fingerprint density at radius 3 is 2.49 bits per heavy atom. The number of hydrogen-bond donors (Lipinski definition) is 1. The molecule has 178 valence electrons. The first-order valence-corrected chi connectivity index (χ1v) is 11.8. The highest BCUT2D eigenvalue weighted by molar-refractivity contribution is 8.18. The average Bonchev–Trinajstić information content (AvgIpc) is 3.46. The van der Waals surface area contributed by atoms with Gasteiger partial charge in [0.2, 0.25) is 6.79 Å². The van der Waals surface area contributed by atoms with Crippen molar-refractivity contribution in [3.05, 3.63) is 80.5 Å². The molecule has 2 aliphatic heterocycles. The summed E-state index contributed by atoms with van der Waals surface area (Å²) in [5.41, 5.74) is 4.14. The number of carboxylic acid groups (broad SMARTS) is 1. The summed E-state index contributed by atoms with van der Waals surface area (Å²) in [6, 6.07) is 11.8. The molecule has 0 saturated carbocycles. The van der Waals surface area contributed by atoms with Crippen LogP contribution in [0.4, 0.5) is 4.79 Å². The summed E-state index contributed by atoms with van der Waals surface area (Å²) in [5.74, 6) is -0.336. The summed E-state index contributed by atoms with van der Waals surface area (Å²) in [5, 5.41) is 9.14. The van der Waals surface area contributed by atoms with E-state index in [1.54, 1.807) is 42.5 Å². The molecule has 1 fully saturated rings. The summed E-state index contributed by atoms with van der Waals surface area (Å²) >= 11 is 7.21. The Hall–Kier alpha value is -3.69. The molecule has 2 aliphatic rings. The number of aryl methyl sites for hydroxylation is 1. The van der Waals surface area contributed by atoms with Gasteiger partial charge in [0, 0.05) is 28.2 Å². The van der Waals surface area contributed by atoms with E-state index in [2.05, 4.69) is 0 Å². The molecule has 1 N–H and O–H groups in total. The highest BCUT2D eigenvalue weighted by Crippen LogP contribution is 2.39. The van der Waals surface area contributed by atoms with Crippen LogP contribution in [-0.2, 0) is 11.3 Å². The first kappa shape index (κ1) is 23.1. The van der Waals surface area contributed by atoms with Gasteiger partial charge in [-0.15, -0.1) is 0 Å². The number of carbonyl (C=O) groups is 3. The fourth-order valence-corrected chi connectivity index (χ4v) is 5.16. The number of carboxylic acids is 1. The molecule has 2 amide bonds. The second kappa shape index (κ2) is 8.83. The minimum atomic E-state index is -0.990. The smallest absolute Gasteiger partial charge is 0.335 e. The van der Waals surface area contributed by atoms with E-state index in [0.717, 1.165) is 39.3 Å². The van der Waals surface area contributed by atoms with E-state index in [-0.39, 0.29) is 24.1 Å². The number of imide groups is 1. The van der Waals surface area contributed by atoms with Crippen LogP contribution < -0.4 is 9.47 Å². The minimum absolute atomic E-state index is 0.0203. The number of ether oxygens (including phenoxy) is 2. The lowest BCUT2D eigenvalue weighted by atomic mass is 10.1. The van der Waals surface area contributed by atoms with Gasteiger partial charge in [0.25, 0.3) is 11.1 Å². The average molecular weight is 511 g/mol. The summed E-state index contributed by atoms with van der Waals surface area (Å²) in [6.45, 7) is 3.94. The van der Waals surface area contributed by atoms with Crippen molar-refractivity contribution in [3.8, 4) is 17.2 Å². The van der Waals surface area contributed by atoms with Crippen molar-refractivity contribution in [2.75, 3.05) is 6.79 Å². The van der Waals surface area contributed by atoms with Crippen LogP contribution >= 0.6 is 23.4 Å². The number of nitrogens with zero attached hydrogens (tertiary/aromatic N) is 2. The molecular weight excluding hydrogens is 492 g/mol. The number of aromatic carboxylic acids is 1. The van der Waals surface area contributed by atoms with Gasteiger partial charge in [0.15, 0.2) is 11.5 Å². The van der Waals surface area contributed by atoms with Gasteiger partial charge in [-0.2, -0.15) is 0 Å². The molecule has 0 atom stereocenters. The maximum absolute atomic E-state index is 13.1. The molecule has 35 heavy (non-hydrogen) atoms. The molecule has 8 nitrogen and oxygen atoms in total. The normalized spacial score (nSPS) is 16.0. The third kappa shape index (κ3) is 4.17. The van der Waals surface area contributed by atoms with Crippen LogP contribution in [0.5, 0.6) is 11.5 Å². The van der Waals surface area contributed by atoms with E-state index in [4.69, 9.17) is 26.2 Å². The number of thioether (sulfide) groups is 1. The van der Waals surface area contributed by atoms with Gasteiger partial charge in [-0.1, -0.05) is 11.6 Å². The van der Waals surface area contributed by atoms with Gasteiger partial charge in [0.05, 0.1) is 17.0 Å². The maximum Gasteiger partial charge on any atom is 0.335 e. The van der Waals surface area contributed by atoms with Crippen LogP contribution in [-0.4, -0.2) is 38.5 Å². The number of benzene rings is 2. The molecule has 0 unspecified atom stereocenters. The molecule has 5 rings (SSSR count). The van der Waals surface area contributed by atoms with E-state index in [9.17, 15) is 14.4 Å². The van der Waals surface area contributed by atoms with Crippen molar-refractivity contribution >= 4 is 46.6 Å². The summed E-state index contributed by atoms with van der Waals surface area (Å²) in [4.78, 5) is 38.4. The number of amides is 2. The molecule has 3 heterocycles. The molecule has 2 aromatic carbocycles. The second-order valence-electron chi connectivity index (χ2n) is 8.08. The van der Waals surface area contributed by atoms with Crippen LogP contribution in [0.1, 0.15) is 32.9 Å². The van der Waals surface area contributed by atoms with Crippen molar-refractivity contribution in [3.63, 3.8) is 0 Å². The van der Waals surface area contributed by atoms with E-state index in [1.165, 1.54) is 0 Å². The molecule has 0 bridgehead atoms. The highest BCUT2D eigenvalue weighted by atomic mass is 35.5. The predicted octanol–water partition coefficient (Wildman–Crippen LogP) is 5.41. The first-order valence-electron chi connectivity index (χ1n) is 10.6. The van der Waals surface area contributed by atoms with Crippen molar-refractivity contribution in [2.24, 2.45) is 0 Å². The van der Waals surface area contributed by atoms with Gasteiger partial charge in [0.1, 0.15) is 0 Å². The highest BCUT2D eigenvalue weighted by Gasteiger charge is 2.36. The van der Waals surface area contributed by atoms with Crippen LogP contribution in [0, 0.1) is 13.8 Å². The van der Waals surface area contributed by atoms with E-state index >= 15 is 0 Å². The Morgan fingerprint density at radius 1 is 1.11 bits per heavy atom. The van der Waals surface area contributed by atoms with Gasteiger partial charge < -0.3 is 19.1 Å². The van der Waals surface area contributed by atoms with Crippen molar-refractivity contribution in [1.82, 2.24) is 9.47 Å². The van der Waals surface area contributed by atoms with Crippen LogP contribution in [0.3, 0.4) is 0 Å². The fourth-order valence-electron chi connectivity index (χ4n) is 4.11. The summed E-state index contributed by atoms with van der Waals surface area (Å²) < 4.78 is 12.6. The zero-order valence-corrected chi connectivity index (χ0v) is 20.3. The van der Waals surface area contributed by atoms with Crippen LogP contribution in [0.2, 0.25) is 5.02 Å². The maximum atomic E-state index is 13.1. The largest absolute Gasteiger partial charge is 0.478 e. The monoisotopic (exact) mass is 510 g/mol. The summed E-state index contributed by atoms with van der Waals surface area (Å²) in [7, 11) is 0. The number of fused-ring (bicyclic) bond motifs is 1. The van der Waals surface area contributed by atoms with Gasteiger partial charge in [-0.05, 0) is 79.2 Å². The Morgan fingerprint density at radius 2 is 1.80 bits per heavy atom. The fraction of sp³-hybridized carbons (Fsp3) is 0.160. The minimum Gasteiger partial charge on any atom is -0.478 e. The summed E-state index contributed by atoms with van der Waals surface area (Å²) in [6.07, 6.45) is 1.70. The number of carbonyl (C=O) groups excluding carboxylic acids is 2. The Bertz CT molecular complexity index is 1430. The molecular formula is C25H19ClN2O6S. The molecule has 0 radical (unpaired) electrons. The molecule has 0 spiro atoms. The molecule has 1 saturated heterocycles. The van der Waals surface area contributed by atoms with Crippen molar-refractivity contribution in [1.29, 1.82) is 0 Å². The number of halogens is 1. The Labute approximate surface area is 209 Å². The van der Waals surface area contributed by atoms with Crippen molar-refractivity contribution < 1.29 is 29.0 Å². The molecule has 0 aliphatic carbocycles. The lowest BCUT2D eigenvalue weighted by molar-refractivity contribution is -0.123. The van der Waals surface area contributed by atoms with Gasteiger partial charge in [-0.3, -0.25) is 14.5 Å². The zero-order valence-electron chi connectivity index (χ0n) is 18.7. The quantitative estimate of drug-likeness (QED) is 0.458. The number of aromatic nitrogens is 1. The van der Waals surface area contributed by atoms with E-state index in [0.29, 0.717) is 27.0 Å². The van der Waals surface area contributed by atoms with Gasteiger partial charge in [-0.25, -0.2) is 4.79 Å². The third-order valence-corrected chi connectivity index (χ3v) is 7.13. The lowest BCUT2D eigenvalue weighted by Gasteiger charge is -2.14. The lowest BCUT2D eigenvalue weighted by Crippen LogP contribution is -2.27. The third-order valence-electron chi connectivity index (χ3n) is 5.87. The number of rotatable bonds is 5.